The lowest BCUT2D eigenvalue weighted by atomic mass is 10.1. The molecule has 10 nitrogen and oxygen atoms in total. The van der Waals surface area contributed by atoms with Crippen molar-refractivity contribution in [3.8, 4) is 23.0 Å². The number of anilines is 1. The molecule has 0 unspecified atom stereocenters. The molecule has 4 aromatic rings. The molecule has 3 aromatic carbocycles. The van der Waals surface area contributed by atoms with Crippen molar-refractivity contribution >= 4 is 21.6 Å². The second-order valence-corrected chi connectivity index (χ2v) is 9.89. The Morgan fingerprint density at radius 2 is 1.79 bits per heavy atom. The molecule has 2 N–H and O–H groups in total. The van der Waals surface area contributed by atoms with Gasteiger partial charge in [-0.05, 0) is 35.9 Å². The topological polar surface area (TPSA) is 133 Å². The number of halogens is 1. The fourth-order valence-corrected chi connectivity index (χ4v) is 4.90. The number of carbonyl (C=O) groups is 1. The Labute approximate surface area is 218 Å². The van der Waals surface area contributed by atoms with Crippen LogP contribution in [-0.2, 0) is 27.8 Å². The van der Waals surface area contributed by atoms with Crippen molar-refractivity contribution in [3.63, 3.8) is 0 Å². The zero-order chi connectivity index (χ0) is 27.3. The Kier molecular flexibility index (Phi) is 8.03. The number of aromatic nitrogens is 2. The summed E-state index contributed by atoms with van der Waals surface area (Å²) < 4.78 is 59.5. The van der Waals surface area contributed by atoms with Crippen molar-refractivity contribution in [2.75, 3.05) is 19.5 Å². The number of hydrogen-bond acceptors (Lipinski definition) is 8. The molecule has 0 spiro atoms. The van der Waals surface area contributed by atoms with Crippen LogP contribution in [0.5, 0.6) is 11.5 Å². The maximum Gasteiger partial charge on any atom is 0.249 e. The summed E-state index contributed by atoms with van der Waals surface area (Å²) in [4.78, 5) is 12.4. The summed E-state index contributed by atoms with van der Waals surface area (Å²) in [7, 11) is -1.19. The summed E-state index contributed by atoms with van der Waals surface area (Å²) in [6.45, 7) is 1.48. The molecular formula is C26H25FN4O6S. The molecule has 1 aromatic heterocycles. The van der Waals surface area contributed by atoms with Gasteiger partial charge in [0.2, 0.25) is 27.7 Å². The van der Waals surface area contributed by atoms with E-state index in [1.165, 1.54) is 50.6 Å². The molecule has 0 saturated heterocycles. The number of benzene rings is 3. The summed E-state index contributed by atoms with van der Waals surface area (Å²) in [5.74, 6) is 0.216. The molecule has 0 aliphatic heterocycles. The number of hydrogen-bond donors (Lipinski definition) is 2. The molecule has 38 heavy (non-hydrogen) atoms. The molecular weight excluding hydrogens is 515 g/mol. The third kappa shape index (κ3) is 6.15. The summed E-state index contributed by atoms with van der Waals surface area (Å²) in [6, 6.07) is 15.2. The lowest BCUT2D eigenvalue weighted by Gasteiger charge is -2.14. The summed E-state index contributed by atoms with van der Waals surface area (Å²) in [5.41, 5.74) is 1.12. The molecule has 1 heterocycles. The minimum Gasteiger partial charge on any atom is -0.497 e. The van der Waals surface area contributed by atoms with Gasteiger partial charge in [-0.2, -0.15) is 0 Å². The van der Waals surface area contributed by atoms with E-state index in [1.54, 1.807) is 31.2 Å². The number of methoxy groups -OCH3 is 2. The van der Waals surface area contributed by atoms with Gasteiger partial charge in [0.15, 0.2) is 0 Å². The van der Waals surface area contributed by atoms with E-state index < -0.39 is 21.7 Å². The van der Waals surface area contributed by atoms with Gasteiger partial charge in [0.1, 0.15) is 17.3 Å². The first-order valence-corrected chi connectivity index (χ1v) is 12.9. The average molecular weight is 541 g/mol. The number of amides is 1. The van der Waals surface area contributed by atoms with Crippen LogP contribution < -0.4 is 19.5 Å². The smallest absolute Gasteiger partial charge is 0.249 e. The van der Waals surface area contributed by atoms with Gasteiger partial charge >= 0.3 is 0 Å². The van der Waals surface area contributed by atoms with Gasteiger partial charge in [-0.3, -0.25) is 4.79 Å². The number of nitrogens with one attached hydrogen (secondary N) is 2. The van der Waals surface area contributed by atoms with E-state index in [4.69, 9.17) is 13.9 Å². The van der Waals surface area contributed by atoms with Gasteiger partial charge in [0, 0.05) is 30.8 Å². The Morgan fingerprint density at radius 3 is 2.47 bits per heavy atom. The van der Waals surface area contributed by atoms with E-state index in [2.05, 4.69) is 20.2 Å². The highest BCUT2D eigenvalue weighted by atomic mass is 32.2. The van der Waals surface area contributed by atoms with Crippen molar-refractivity contribution in [1.82, 2.24) is 14.9 Å². The minimum atomic E-state index is -4.17. The molecule has 1 amide bonds. The highest BCUT2D eigenvalue weighted by Gasteiger charge is 2.24. The van der Waals surface area contributed by atoms with Crippen molar-refractivity contribution in [1.29, 1.82) is 0 Å². The van der Waals surface area contributed by atoms with Crippen LogP contribution in [0.2, 0.25) is 0 Å². The quantitative estimate of drug-likeness (QED) is 0.310. The van der Waals surface area contributed by atoms with Crippen LogP contribution >= 0.6 is 0 Å². The number of nitrogens with zero attached hydrogens (tertiary/aromatic N) is 2. The molecule has 0 aliphatic rings. The predicted octanol–water partition coefficient (Wildman–Crippen LogP) is 3.86. The number of rotatable bonds is 10. The van der Waals surface area contributed by atoms with E-state index in [-0.39, 0.29) is 46.5 Å². The highest BCUT2D eigenvalue weighted by Crippen LogP contribution is 2.30. The summed E-state index contributed by atoms with van der Waals surface area (Å²) in [6.07, 6.45) is -0.227. The minimum absolute atomic E-state index is 0.00543. The monoisotopic (exact) mass is 540 g/mol. The Balaban J connectivity index is 1.63. The Hall–Kier alpha value is -4.29. The van der Waals surface area contributed by atoms with Crippen LogP contribution in [0.25, 0.3) is 11.5 Å². The van der Waals surface area contributed by atoms with Gasteiger partial charge in [0.25, 0.3) is 0 Å². The van der Waals surface area contributed by atoms with Gasteiger partial charge in [-0.15, -0.1) is 10.2 Å². The van der Waals surface area contributed by atoms with E-state index in [0.29, 0.717) is 17.1 Å². The normalized spacial score (nSPS) is 11.3. The second kappa shape index (κ2) is 11.4. The average Bonchev–Trinajstić information content (AvgIpc) is 3.34. The van der Waals surface area contributed by atoms with Crippen molar-refractivity contribution < 1.29 is 31.5 Å². The predicted molar refractivity (Wildman–Crippen MR) is 137 cm³/mol. The van der Waals surface area contributed by atoms with Crippen molar-refractivity contribution in [2.24, 2.45) is 0 Å². The zero-order valence-electron chi connectivity index (χ0n) is 20.8. The summed E-state index contributed by atoms with van der Waals surface area (Å²) >= 11 is 0. The highest BCUT2D eigenvalue weighted by molar-refractivity contribution is 7.89. The van der Waals surface area contributed by atoms with E-state index in [0.717, 1.165) is 0 Å². The number of aryl methyl sites for hydroxylation is 1. The van der Waals surface area contributed by atoms with Crippen LogP contribution in [0.1, 0.15) is 17.0 Å². The first-order chi connectivity index (χ1) is 18.2. The van der Waals surface area contributed by atoms with E-state index in [9.17, 15) is 17.6 Å². The largest absolute Gasteiger partial charge is 0.497 e. The van der Waals surface area contributed by atoms with E-state index >= 15 is 0 Å². The molecule has 0 fully saturated rings. The van der Waals surface area contributed by atoms with Gasteiger partial charge in [-0.1, -0.05) is 24.3 Å². The Bertz CT molecular complexity index is 1570. The third-order valence-electron chi connectivity index (χ3n) is 5.57. The maximum atomic E-state index is 14.0. The lowest BCUT2D eigenvalue weighted by molar-refractivity contribution is -0.115. The van der Waals surface area contributed by atoms with Crippen molar-refractivity contribution in [2.45, 2.75) is 24.8 Å². The van der Waals surface area contributed by atoms with Crippen LogP contribution in [-0.4, -0.2) is 38.7 Å². The molecule has 198 valence electrons. The molecule has 0 bridgehead atoms. The van der Waals surface area contributed by atoms with Crippen LogP contribution in [0.4, 0.5) is 10.1 Å². The number of sulfonamides is 1. The number of ether oxygens (including phenoxy) is 2. The van der Waals surface area contributed by atoms with Gasteiger partial charge in [-0.25, -0.2) is 17.5 Å². The maximum absolute atomic E-state index is 14.0. The molecule has 0 radical (unpaired) electrons. The molecule has 0 atom stereocenters. The van der Waals surface area contributed by atoms with Crippen LogP contribution in [0.15, 0.2) is 70.0 Å². The second-order valence-electron chi connectivity index (χ2n) is 8.16. The van der Waals surface area contributed by atoms with Crippen LogP contribution in [0.3, 0.4) is 0 Å². The SMILES string of the molecule is COc1ccc(CNS(=O)(=O)c2cc(NC(=O)Cc3ccccc3F)ccc2-c2nnc(C)o2)c(OC)c1. The fraction of sp³-hybridized carbons (Fsp3) is 0.192. The van der Waals surface area contributed by atoms with Gasteiger partial charge in [0.05, 0.1) is 31.1 Å². The lowest BCUT2D eigenvalue weighted by Crippen LogP contribution is -2.24. The molecule has 0 aliphatic carbocycles. The molecule has 4 rings (SSSR count). The zero-order valence-corrected chi connectivity index (χ0v) is 21.6. The third-order valence-corrected chi connectivity index (χ3v) is 7.01. The molecule has 12 heteroatoms. The first-order valence-electron chi connectivity index (χ1n) is 11.4. The Morgan fingerprint density at radius 1 is 1.00 bits per heavy atom. The number of carbonyl (C=O) groups excluding carboxylic acids is 1. The standard InChI is InChI=1S/C26H25FN4O6S/c1-16-30-31-26(37-16)21-11-9-19(29-25(32)12-17-6-4-5-7-22(17)27)13-24(21)38(33,34)28-15-18-8-10-20(35-2)14-23(18)36-3/h4-11,13-14,28H,12,15H2,1-3H3,(H,29,32). The first kappa shape index (κ1) is 26.8. The van der Waals surface area contributed by atoms with Crippen LogP contribution in [0, 0.1) is 12.7 Å². The van der Waals surface area contributed by atoms with Crippen molar-refractivity contribution in [3.05, 3.63) is 83.5 Å². The fourth-order valence-electron chi connectivity index (χ4n) is 3.67. The van der Waals surface area contributed by atoms with Gasteiger partial charge < -0.3 is 19.2 Å². The summed E-state index contributed by atoms with van der Waals surface area (Å²) in [5, 5.41) is 10.3. The van der Waals surface area contributed by atoms with E-state index in [1.807, 2.05) is 0 Å². The molecule has 0 saturated carbocycles.